The highest BCUT2D eigenvalue weighted by atomic mass is 35.5. The summed E-state index contributed by atoms with van der Waals surface area (Å²) in [7, 11) is 0. The summed E-state index contributed by atoms with van der Waals surface area (Å²) in [6.45, 7) is 2.13. The molecule has 1 aromatic heterocycles. The third kappa shape index (κ3) is 3.10. The van der Waals surface area contributed by atoms with E-state index in [1.807, 2.05) is 0 Å². The second-order valence-corrected chi connectivity index (χ2v) is 5.95. The van der Waals surface area contributed by atoms with E-state index in [2.05, 4.69) is 10.3 Å². The summed E-state index contributed by atoms with van der Waals surface area (Å²) < 4.78 is 13.6. The van der Waals surface area contributed by atoms with Gasteiger partial charge >= 0.3 is 0 Å². The number of carbonyl (C=O) groups excluding carboxylic acids is 2. The molecule has 1 saturated heterocycles. The number of carbonyl (C=O) groups is 2. The normalized spacial score (nSPS) is 17.2. The van der Waals surface area contributed by atoms with Gasteiger partial charge in [-0.3, -0.25) is 14.6 Å². The SMILES string of the molecule is Cc1ncccc1C(=O)NC1CCN(c2ccc(Cl)c(F)c2)C1=O. The van der Waals surface area contributed by atoms with Crippen LogP contribution in [0.1, 0.15) is 22.5 Å². The minimum atomic E-state index is -0.643. The van der Waals surface area contributed by atoms with Crippen molar-refractivity contribution in [2.45, 2.75) is 19.4 Å². The fraction of sp³-hybridized carbons (Fsp3) is 0.235. The Morgan fingerprint density at radius 2 is 2.21 bits per heavy atom. The molecule has 24 heavy (non-hydrogen) atoms. The number of anilines is 1. The van der Waals surface area contributed by atoms with Crippen molar-refractivity contribution >= 4 is 29.1 Å². The average molecular weight is 348 g/mol. The lowest BCUT2D eigenvalue weighted by Gasteiger charge is -2.17. The minimum Gasteiger partial charge on any atom is -0.340 e. The quantitative estimate of drug-likeness (QED) is 0.928. The van der Waals surface area contributed by atoms with Crippen LogP contribution in [0.15, 0.2) is 36.5 Å². The van der Waals surface area contributed by atoms with E-state index in [0.29, 0.717) is 29.9 Å². The van der Waals surface area contributed by atoms with Crippen LogP contribution in [0.3, 0.4) is 0 Å². The van der Waals surface area contributed by atoms with Gasteiger partial charge in [0.25, 0.3) is 5.91 Å². The predicted octanol–water partition coefficient (Wildman–Crippen LogP) is 2.72. The van der Waals surface area contributed by atoms with Crippen molar-refractivity contribution in [3.63, 3.8) is 0 Å². The number of aromatic nitrogens is 1. The minimum absolute atomic E-state index is 0.00213. The van der Waals surface area contributed by atoms with E-state index in [4.69, 9.17) is 11.6 Å². The van der Waals surface area contributed by atoms with Crippen LogP contribution < -0.4 is 10.2 Å². The highest BCUT2D eigenvalue weighted by Gasteiger charge is 2.34. The molecule has 0 saturated carbocycles. The van der Waals surface area contributed by atoms with Crippen LogP contribution in [0.25, 0.3) is 0 Å². The molecule has 2 aromatic rings. The van der Waals surface area contributed by atoms with Crippen molar-refractivity contribution in [2.24, 2.45) is 0 Å². The molecule has 1 aromatic carbocycles. The van der Waals surface area contributed by atoms with Gasteiger partial charge in [-0.25, -0.2) is 4.39 Å². The molecule has 1 aliphatic heterocycles. The molecule has 1 N–H and O–H groups in total. The monoisotopic (exact) mass is 347 g/mol. The van der Waals surface area contributed by atoms with Crippen molar-refractivity contribution in [1.29, 1.82) is 0 Å². The van der Waals surface area contributed by atoms with Crippen molar-refractivity contribution in [3.05, 3.63) is 58.6 Å². The molecule has 1 fully saturated rings. The number of pyridine rings is 1. The van der Waals surface area contributed by atoms with E-state index in [1.165, 1.54) is 17.0 Å². The summed E-state index contributed by atoms with van der Waals surface area (Å²) in [6, 6.07) is 6.89. The van der Waals surface area contributed by atoms with Crippen molar-refractivity contribution in [1.82, 2.24) is 10.3 Å². The van der Waals surface area contributed by atoms with Crippen LogP contribution in [0, 0.1) is 12.7 Å². The number of benzene rings is 1. The molecule has 0 radical (unpaired) electrons. The standard InChI is InChI=1S/C17H15ClFN3O2/c1-10-12(3-2-7-20-10)16(23)21-15-6-8-22(17(15)24)11-4-5-13(18)14(19)9-11/h2-5,7,9,15H,6,8H2,1H3,(H,21,23). The number of aryl methyl sites for hydroxylation is 1. The third-order valence-electron chi connectivity index (χ3n) is 3.98. The first kappa shape index (κ1) is 16.4. The van der Waals surface area contributed by atoms with Gasteiger partial charge in [-0.2, -0.15) is 0 Å². The van der Waals surface area contributed by atoms with Gasteiger partial charge in [-0.15, -0.1) is 0 Å². The van der Waals surface area contributed by atoms with Gasteiger partial charge in [0.2, 0.25) is 5.91 Å². The average Bonchev–Trinajstić information content (AvgIpc) is 2.91. The molecule has 5 nitrogen and oxygen atoms in total. The van der Waals surface area contributed by atoms with Gasteiger partial charge in [0.15, 0.2) is 0 Å². The molecule has 1 atom stereocenters. The zero-order chi connectivity index (χ0) is 17.3. The molecule has 3 rings (SSSR count). The fourth-order valence-electron chi connectivity index (χ4n) is 2.68. The van der Waals surface area contributed by atoms with Crippen LogP contribution in [0.4, 0.5) is 10.1 Å². The van der Waals surface area contributed by atoms with Gasteiger partial charge in [0.05, 0.1) is 10.6 Å². The summed E-state index contributed by atoms with van der Waals surface area (Å²) in [5, 5.41) is 2.72. The van der Waals surface area contributed by atoms with Crippen LogP contribution in [-0.2, 0) is 4.79 Å². The van der Waals surface area contributed by atoms with E-state index in [1.54, 1.807) is 31.3 Å². The molecule has 2 heterocycles. The predicted molar refractivity (Wildman–Crippen MR) is 88.6 cm³/mol. The number of hydrogen-bond donors (Lipinski definition) is 1. The van der Waals surface area contributed by atoms with Crippen molar-refractivity contribution in [2.75, 3.05) is 11.4 Å². The Balaban J connectivity index is 1.73. The fourth-order valence-corrected chi connectivity index (χ4v) is 2.80. The second kappa shape index (κ2) is 6.57. The van der Waals surface area contributed by atoms with E-state index < -0.39 is 11.9 Å². The second-order valence-electron chi connectivity index (χ2n) is 5.54. The van der Waals surface area contributed by atoms with Crippen LogP contribution in [-0.4, -0.2) is 29.4 Å². The van der Waals surface area contributed by atoms with Crippen molar-refractivity contribution in [3.8, 4) is 0 Å². The topological polar surface area (TPSA) is 62.3 Å². The molecular formula is C17H15ClFN3O2. The third-order valence-corrected chi connectivity index (χ3v) is 4.28. The zero-order valence-corrected chi connectivity index (χ0v) is 13.7. The van der Waals surface area contributed by atoms with E-state index in [9.17, 15) is 14.0 Å². The molecule has 0 bridgehead atoms. The Hall–Kier alpha value is -2.47. The van der Waals surface area contributed by atoms with Crippen LogP contribution in [0.2, 0.25) is 5.02 Å². The maximum atomic E-state index is 13.6. The summed E-state index contributed by atoms with van der Waals surface area (Å²) in [5.74, 6) is -1.20. The maximum absolute atomic E-state index is 13.6. The van der Waals surface area contributed by atoms with Gasteiger partial charge in [-0.05, 0) is 43.7 Å². The number of halogens is 2. The van der Waals surface area contributed by atoms with Crippen LogP contribution in [0.5, 0.6) is 0 Å². The van der Waals surface area contributed by atoms with Gasteiger partial charge < -0.3 is 10.2 Å². The summed E-state index contributed by atoms with van der Waals surface area (Å²) in [5.41, 5.74) is 1.45. The number of hydrogen-bond acceptors (Lipinski definition) is 3. The molecule has 0 spiro atoms. The first-order valence-corrected chi connectivity index (χ1v) is 7.84. The molecule has 1 aliphatic rings. The summed E-state index contributed by atoms with van der Waals surface area (Å²) in [4.78, 5) is 30.3. The Morgan fingerprint density at radius 1 is 1.42 bits per heavy atom. The Labute approximate surface area is 143 Å². The van der Waals surface area contributed by atoms with Gasteiger partial charge in [0, 0.05) is 24.1 Å². The summed E-state index contributed by atoms with van der Waals surface area (Å²) >= 11 is 5.66. The van der Waals surface area contributed by atoms with Gasteiger partial charge in [0.1, 0.15) is 11.9 Å². The molecule has 2 amide bonds. The molecule has 0 aliphatic carbocycles. The van der Waals surface area contributed by atoms with E-state index in [-0.39, 0.29) is 16.8 Å². The number of nitrogens with zero attached hydrogens (tertiary/aromatic N) is 2. The highest BCUT2D eigenvalue weighted by molar-refractivity contribution is 6.30. The Bertz CT molecular complexity index is 812. The number of nitrogens with one attached hydrogen (secondary N) is 1. The Morgan fingerprint density at radius 3 is 2.92 bits per heavy atom. The van der Waals surface area contributed by atoms with Crippen LogP contribution >= 0.6 is 11.6 Å². The molecule has 124 valence electrons. The maximum Gasteiger partial charge on any atom is 0.253 e. The number of rotatable bonds is 3. The Kier molecular flexibility index (Phi) is 4.49. The lowest BCUT2D eigenvalue weighted by Crippen LogP contribution is -2.41. The zero-order valence-electron chi connectivity index (χ0n) is 12.9. The first-order valence-electron chi connectivity index (χ1n) is 7.46. The van der Waals surface area contributed by atoms with E-state index >= 15 is 0 Å². The lowest BCUT2D eigenvalue weighted by molar-refractivity contribution is -0.118. The number of amides is 2. The largest absolute Gasteiger partial charge is 0.340 e. The van der Waals surface area contributed by atoms with E-state index in [0.717, 1.165) is 0 Å². The highest BCUT2D eigenvalue weighted by Crippen LogP contribution is 2.26. The summed E-state index contributed by atoms with van der Waals surface area (Å²) in [6.07, 6.45) is 2.05. The molecule has 7 heteroatoms. The lowest BCUT2D eigenvalue weighted by atomic mass is 10.1. The smallest absolute Gasteiger partial charge is 0.253 e. The van der Waals surface area contributed by atoms with Gasteiger partial charge in [-0.1, -0.05) is 11.6 Å². The van der Waals surface area contributed by atoms with Crippen molar-refractivity contribution < 1.29 is 14.0 Å². The first-order chi connectivity index (χ1) is 11.5. The molecular weight excluding hydrogens is 333 g/mol. The molecule has 1 unspecified atom stereocenters.